The zero-order valence-corrected chi connectivity index (χ0v) is 12.0. The minimum atomic E-state index is -0.854. The number of aromatic carboxylic acids is 1. The first-order valence-corrected chi connectivity index (χ1v) is 7.17. The Labute approximate surface area is 118 Å². The number of aryl methyl sites for hydroxylation is 1. The van der Waals surface area contributed by atoms with Gasteiger partial charge in [-0.2, -0.15) is 0 Å². The third-order valence-electron chi connectivity index (χ3n) is 4.14. The smallest absolute Gasteiger partial charge is 0.335 e. The number of aromatic nitrogens is 1. The number of benzene rings is 1. The lowest BCUT2D eigenvalue weighted by Crippen LogP contribution is -2.27. The van der Waals surface area contributed by atoms with Crippen LogP contribution in [-0.4, -0.2) is 34.1 Å². The van der Waals surface area contributed by atoms with Gasteiger partial charge in [0.2, 0.25) is 0 Å². The van der Waals surface area contributed by atoms with Crippen molar-refractivity contribution in [2.75, 3.05) is 13.6 Å². The second-order valence-electron chi connectivity index (χ2n) is 5.60. The van der Waals surface area contributed by atoms with Crippen LogP contribution in [0.3, 0.4) is 0 Å². The summed E-state index contributed by atoms with van der Waals surface area (Å²) in [6.07, 6.45) is 2.13. The molecule has 1 aliphatic heterocycles. The lowest BCUT2D eigenvalue weighted by Gasteiger charge is -2.24. The lowest BCUT2D eigenvalue weighted by molar-refractivity contribution is 0.0697. The van der Waals surface area contributed by atoms with Gasteiger partial charge in [0.25, 0.3) is 0 Å². The summed E-state index contributed by atoms with van der Waals surface area (Å²) in [7, 11) is 2.12. The van der Waals surface area contributed by atoms with E-state index in [1.165, 1.54) is 16.8 Å². The molecule has 0 unspecified atom stereocenters. The number of carboxylic acid groups (broad SMARTS) is 1. The van der Waals surface area contributed by atoms with Crippen molar-refractivity contribution in [1.29, 1.82) is 0 Å². The molecule has 106 valence electrons. The van der Waals surface area contributed by atoms with Crippen LogP contribution in [-0.2, 0) is 19.5 Å². The quantitative estimate of drug-likeness (QED) is 0.934. The largest absolute Gasteiger partial charge is 0.478 e. The van der Waals surface area contributed by atoms with E-state index in [-0.39, 0.29) is 0 Å². The average Bonchev–Trinajstić information content (AvgIpc) is 2.73. The van der Waals surface area contributed by atoms with E-state index in [0.29, 0.717) is 5.56 Å². The highest BCUT2D eigenvalue weighted by Gasteiger charge is 2.22. The second-order valence-corrected chi connectivity index (χ2v) is 5.60. The lowest BCUT2D eigenvalue weighted by atomic mass is 10.0. The standard InChI is InChI=1S/C16H20N2O2/c1-3-7-18-14-5-4-11(16(19)20)9-12(14)13-10-17(2)8-6-15(13)18/h4-5,9H,3,6-8,10H2,1-2H3,(H,19,20). The van der Waals surface area contributed by atoms with Crippen LogP contribution in [0.1, 0.15) is 35.0 Å². The van der Waals surface area contributed by atoms with Crippen LogP contribution in [0.25, 0.3) is 10.9 Å². The zero-order valence-electron chi connectivity index (χ0n) is 12.0. The molecule has 0 saturated heterocycles. The molecule has 2 aromatic rings. The number of nitrogens with zero attached hydrogens (tertiary/aromatic N) is 2. The van der Waals surface area contributed by atoms with Crippen molar-refractivity contribution in [3.8, 4) is 0 Å². The first-order chi connectivity index (χ1) is 9.61. The number of fused-ring (bicyclic) bond motifs is 3. The molecule has 0 amide bonds. The van der Waals surface area contributed by atoms with Crippen LogP contribution < -0.4 is 0 Å². The fourth-order valence-corrected chi connectivity index (χ4v) is 3.20. The van der Waals surface area contributed by atoms with Crippen LogP contribution in [0, 0.1) is 0 Å². The monoisotopic (exact) mass is 272 g/mol. The molecule has 0 fully saturated rings. The predicted molar refractivity (Wildman–Crippen MR) is 79.2 cm³/mol. The van der Waals surface area contributed by atoms with Gasteiger partial charge >= 0.3 is 5.97 Å². The number of hydrogen-bond acceptors (Lipinski definition) is 2. The first-order valence-electron chi connectivity index (χ1n) is 7.17. The number of likely N-dealkylation sites (N-methyl/N-ethyl adjacent to an activating group) is 1. The molecular weight excluding hydrogens is 252 g/mol. The normalized spacial score (nSPS) is 15.5. The minimum absolute atomic E-state index is 0.377. The van der Waals surface area contributed by atoms with Crippen molar-refractivity contribution >= 4 is 16.9 Å². The number of hydrogen-bond donors (Lipinski definition) is 1. The average molecular weight is 272 g/mol. The molecule has 4 nitrogen and oxygen atoms in total. The molecule has 3 rings (SSSR count). The molecule has 2 heterocycles. The Morgan fingerprint density at radius 3 is 2.90 bits per heavy atom. The SMILES string of the molecule is CCCn1c2c(c3cc(C(=O)O)ccc31)CN(C)CC2. The first kappa shape index (κ1) is 13.2. The van der Waals surface area contributed by atoms with Crippen molar-refractivity contribution in [3.05, 3.63) is 35.0 Å². The number of carboxylic acids is 1. The van der Waals surface area contributed by atoms with Crippen molar-refractivity contribution < 1.29 is 9.90 Å². The molecule has 1 aliphatic rings. The molecule has 20 heavy (non-hydrogen) atoms. The molecule has 1 N–H and O–H groups in total. The van der Waals surface area contributed by atoms with E-state index in [2.05, 4.69) is 23.4 Å². The molecule has 0 radical (unpaired) electrons. The summed E-state index contributed by atoms with van der Waals surface area (Å²) in [6, 6.07) is 5.51. The van der Waals surface area contributed by atoms with Gasteiger partial charge in [-0.25, -0.2) is 4.79 Å². The van der Waals surface area contributed by atoms with Crippen LogP contribution in [0.15, 0.2) is 18.2 Å². The number of carbonyl (C=O) groups is 1. The molecule has 0 bridgehead atoms. The van der Waals surface area contributed by atoms with Crippen LogP contribution in [0.2, 0.25) is 0 Å². The highest BCUT2D eigenvalue weighted by Crippen LogP contribution is 2.31. The summed E-state index contributed by atoms with van der Waals surface area (Å²) < 4.78 is 2.38. The molecule has 0 atom stereocenters. The van der Waals surface area contributed by atoms with Crippen molar-refractivity contribution in [3.63, 3.8) is 0 Å². The van der Waals surface area contributed by atoms with E-state index in [9.17, 15) is 9.90 Å². The van der Waals surface area contributed by atoms with E-state index < -0.39 is 5.97 Å². The van der Waals surface area contributed by atoms with Crippen LogP contribution in [0.4, 0.5) is 0 Å². The summed E-state index contributed by atoms with van der Waals surface area (Å²) in [5.74, 6) is -0.854. The molecular formula is C16H20N2O2. The fraction of sp³-hybridized carbons (Fsp3) is 0.438. The highest BCUT2D eigenvalue weighted by molar-refractivity contribution is 5.95. The summed E-state index contributed by atoms with van der Waals surface area (Å²) in [5.41, 5.74) is 4.26. The second kappa shape index (κ2) is 4.94. The Hall–Kier alpha value is -1.81. The Morgan fingerprint density at radius 2 is 2.20 bits per heavy atom. The Balaban J connectivity index is 2.25. The van der Waals surface area contributed by atoms with E-state index >= 15 is 0 Å². The number of rotatable bonds is 3. The molecule has 4 heteroatoms. The summed E-state index contributed by atoms with van der Waals surface area (Å²) >= 11 is 0. The maximum Gasteiger partial charge on any atom is 0.335 e. The van der Waals surface area contributed by atoms with E-state index in [0.717, 1.165) is 37.9 Å². The summed E-state index contributed by atoms with van der Waals surface area (Å²) in [6.45, 7) is 5.16. The van der Waals surface area contributed by atoms with E-state index in [4.69, 9.17) is 0 Å². The molecule has 0 aliphatic carbocycles. The summed E-state index contributed by atoms with van der Waals surface area (Å²) in [5, 5.41) is 10.3. The maximum absolute atomic E-state index is 11.2. The summed E-state index contributed by atoms with van der Waals surface area (Å²) in [4.78, 5) is 13.5. The van der Waals surface area contributed by atoms with Gasteiger partial charge < -0.3 is 14.6 Å². The third-order valence-corrected chi connectivity index (χ3v) is 4.14. The van der Waals surface area contributed by atoms with Gasteiger partial charge in [-0.3, -0.25) is 0 Å². The van der Waals surface area contributed by atoms with Crippen LogP contribution >= 0.6 is 0 Å². The van der Waals surface area contributed by atoms with Gasteiger partial charge in [0.1, 0.15) is 0 Å². The predicted octanol–water partition coefficient (Wildman–Crippen LogP) is 2.74. The minimum Gasteiger partial charge on any atom is -0.478 e. The maximum atomic E-state index is 11.2. The van der Waals surface area contributed by atoms with Crippen molar-refractivity contribution in [2.45, 2.75) is 32.9 Å². The van der Waals surface area contributed by atoms with Gasteiger partial charge in [0.05, 0.1) is 5.56 Å². The van der Waals surface area contributed by atoms with Gasteiger partial charge in [0, 0.05) is 42.7 Å². The van der Waals surface area contributed by atoms with Gasteiger partial charge in [-0.15, -0.1) is 0 Å². The Morgan fingerprint density at radius 1 is 1.40 bits per heavy atom. The van der Waals surface area contributed by atoms with E-state index in [1.807, 2.05) is 12.1 Å². The molecule has 1 aromatic heterocycles. The van der Waals surface area contributed by atoms with Crippen molar-refractivity contribution in [1.82, 2.24) is 9.47 Å². The van der Waals surface area contributed by atoms with Crippen molar-refractivity contribution in [2.24, 2.45) is 0 Å². The topological polar surface area (TPSA) is 45.5 Å². The van der Waals surface area contributed by atoms with Crippen LogP contribution in [0.5, 0.6) is 0 Å². The Bertz CT molecular complexity index is 673. The zero-order chi connectivity index (χ0) is 14.3. The van der Waals surface area contributed by atoms with Gasteiger partial charge in [0.15, 0.2) is 0 Å². The fourth-order valence-electron chi connectivity index (χ4n) is 3.20. The Kier molecular flexibility index (Phi) is 3.26. The molecule has 1 aromatic carbocycles. The van der Waals surface area contributed by atoms with E-state index in [1.54, 1.807) is 6.07 Å². The van der Waals surface area contributed by atoms with Gasteiger partial charge in [-0.05, 0) is 37.2 Å². The third kappa shape index (κ3) is 2.00. The van der Waals surface area contributed by atoms with Gasteiger partial charge in [-0.1, -0.05) is 6.92 Å². The highest BCUT2D eigenvalue weighted by atomic mass is 16.4. The molecule has 0 saturated carbocycles. The molecule has 0 spiro atoms.